The maximum Gasteiger partial charge on any atom is 0.323 e. The number of halogens is 1. The molecule has 2 rings (SSSR count). The quantitative estimate of drug-likeness (QED) is 0.833. The zero-order valence-electron chi connectivity index (χ0n) is 11.8. The number of carbonyl (C=O) groups is 2. The van der Waals surface area contributed by atoms with E-state index in [1.807, 2.05) is 0 Å². The van der Waals surface area contributed by atoms with Gasteiger partial charge in [-0.25, -0.2) is 4.39 Å². The largest absolute Gasteiger partial charge is 0.494 e. The van der Waals surface area contributed by atoms with E-state index < -0.39 is 11.8 Å². The van der Waals surface area contributed by atoms with Gasteiger partial charge >= 0.3 is 5.97 Å². The lowest BCUT2D eigenvalue weighted by atomic mass is 10.1. The molecule has 0 saturated heterocycles. The molecule has 1 aromatic rings. The van der Waals surface area contributed by atoms with Gasteiger partial charge in [0.25, 0.3) is 0 Å². The molecule has 0 aromatic heterocycles. The van der Waals surface area contributed by atoms with Crippen LogP contribution in [-0.4, -0.2) is 41.6 Å². The summed E-state index contributed by atoms with van der Waals surface area (Å²) in [6, 6.07) is 4.62. The van der Waals surface area contributed by atoms with Gasteiger partial charge in [0.15, 0.2) is 11.6 Å². The van der Waals surface area contributed by atoms with Crippen molar-refractivity contribution in [2.75, 3.05) is 13.7 Å². The number of hydrogen-bond acceptors (Lipinski definition) is 3. The van der Waals surface area contributed by atoms with Crippen molar-refractivity contribution in [1.82, 2.24) is 4.90 Å². The minimum atomic E-state index is -1.01. The highest BCUT2D eigenvalue weighted by molar-refractivity contribution is 5.82. The second-order valence-corrected chi connectivity index (χ2v) is 5.12. The molecule has 0 bridgehead atoms. The predicted octanol–water partition coefficient (Wildman–Crippen LogP) is 1.84. The number of ether oxygens (including phenoxy) is 1. The lowest BCUT2D eigenvalue weighted by Crippen LogP contribution is -2.37. The summed E-state index contributed by atoms with van der Waals surface area (Å²) in [6.45, 7) is -0.263. The lowest BCUT2D eigenvalue weighted by molar-refractivity contribution is -0.144. The molecule has 1 aliphatic carbocycles. The summed E-state index contributed by atoms with van der Waals surface area (Å²) in [5.74, 6) is -1.51. The van der Waals surface area contributed by atoms with Crippen molar-refractivity contribution in [3.8, 4) is 5.75 Å². The highest BCUT2D eigenvalue weighted by Crippen LogP contribution is 2.27. The summed E-state index contributed by atoms with van der Waals surface area (Å²) in [7, 11) is 1.39. The van der Waals surface area contributed by atoms with Gasteiger partial charge in [0.05, 0.1) is 7.11 Å². The van der Waals surface area contributed by atoms with Gasteiger partial charge in [-0.2, -0.15) is 0 Å². The Balaban J connectivity index is 1.93. The summed E-state index contributed by atoms with van der Waals surface area (Å²) in [6.07, 6.45) is 2.27. The second-order valence-electron chi connectivity index (χ2n) is 5.12. The minimum absolute atomic E-state index is 0.0567. The average Bonchev–Trinajstić information content (AvgIpc) is 3.26. The van der Waals surface area contributed by atoms with Crippen LogP contribution in [-0.2, 0) is 16.0 Å². The van der Waals surface area contributed by atoms with Crippen molar-refractivity contribution >= 4 is 11.9 Å². The van der Waals surface area contributed by atoms with E-state index in [2.05, 4.69) is 0 Å². The van der Waals surface area contributed by atoms with Crippen molar-refractivity contribution < 1.29 is 23.8 Å². The molecule has 0 unspecified atom stereocenters. The molecular weight excluding hydrogens is 277 g/mol. The van der Waals surface area contributed by atoms with Crippen LogP contribution in [0.3, 0.4) is 0 Å². The highest BCUT2D eigenvalue weighted by atomic mass is 19.1. The number of aryl methyl sites for hydroxylation is 1. The first-order valence-electron chi connectivity index (χ1n) is 6.85. The van der Waals surface area contributed by atoms with Crippen LogP contribution in [0.5, 0.6) is 5.75 Å². The van der Waals surface area contributed by atoms with E-state index in [0.29, 0.717) is 12.0 Å². The van der Waals surface area contributed by atoms with Crippen LogP contribution in [0, 0.1) is 5.82 Å². The van der Waals surface area contributed by atoms with Gasteiger partial charge < -0.3 is 14.7 Å². The average molecular weight is 295 g/mol. The molecule has 114 valence electrons. The Morgan fingerprint density at radius 1 is 1.43 bits per heavy atom. The van der Waals surface area contributed by atoms with Crippen molar-refractivity contribution in [3.63, 3.8) is 0 Å². The van der Waals surface area contributed by atoms with Gasteiger partial charge in [-0.05, 0) is 37.0 Å². The summed E-state index contributed by atoms with van der Waals surface area (Å²) in [5.41, 5.74) is 0.688. The monoisotopic (exact) mass is 295 g/mol. The van der Waals surface area contributed by atoms with E-state index in [9.17, 15) is 14.0 Å². The molecule has 1 N–H and O–H groups in total. The van der Waals surface area contributed by atoms with Crippen LogP contribution in [0.1, 0.15) is 24.8 Å². The van der Waals surface area contributed by atoms with Crippen LogP contribution < -0.4 is 4.74 Å². The number of benzene rings is 1. The third-order valence-corrected chi connectivity index (χ3v) is 3.46. The summed E-state index contributed by atoms with van der Waals surface area (Å²) >= 11 is 0. The first-order chi connectivity index (χ1) is 10.0. The van der Waals surface area contributed by atoms with Crippen LogP contribution >= 0.6 is 0 Å². The molecule has 1 fully saturated rings. The molecule has 1 amide bonds. The second kappa shape index (κ2) is 6.56. The molecule has 0 aliphatic heterocycles. The molecule has 1 aliphatic rings. The van der Waals surface area contributed by atoms with Gasteiger partial charge in [-0.1, -0.05) is 6.07 Å². The molecule has 0 heterocycles. The van der Waals surface area contributed by atoms with Crippen molar-refractivity contribution in [2.45, 2.75) is 31.7 Å². The van der Waals surface area contributed by atoms with Crippen LogP contribution in [0.25, 0.3) is 0 Å². The molecule has 1 saturated carbocycles. The molecular formula is C15H18FNO4. The number of carboxylic acid groups (broad SMARTS) is 1. The summed E-state index contributed by atoms with van der Waals surface area (Å²) in [5, 5.41) is 8.83. The Morgan fingerprint density at radius 2 is 2.14 bits per heavy atom. The van der Waals surface area contributed by atoms with Gasteiger partial charge in [0, 0.05) is 12.5 Å². The van der Waals surface area contributed by atoms with Crippen LogP contribution in [0.4, 0.5) is 4.39 Å². The molecule has 0 radical (unpaired) electrons. The topological polar surface area (TPSA) is 66.8 Å². The Kier molecular flexibility index (Phi) is 4.77. The predicted molar refractivity (Wildman–Crippen MR) is 73.6 cm³/mol. The van der Waals surface area contributed by atoms with E-state index in [1.165, 1.54) is 24.1 Å². The van der Waals surface area contributed by atoms with E-state index >= 15 is 0 Å². The summed E-state index contributed by atoms with van der Waals surface area (Å²) in [4.78, 5) is 24.3. The van der Waals surface area contributed by atoms with E-state index in [0.717, 1.165) is 12.8 Å². The standard InChI is InChI=1S/C15H18FNO4/c1-21-13-6-2-10(8-12(13)16)3-7-14(18)17(9-15(19)20)11-4-5-11/h2,6,8,11H,3-5,7,9H2,1H3,(H,19,20). The Bertz CT molecular complexity index is 542. The normalized spacial score (nSPS) is 13.8. The molecule has 1 aromatic carbocycles. The third kappa shape index (κ3) is 4.18. The van der Waals surface area contributed by atoms with Crippen LogP contribution in [0.2, 0.25) is 0 Å². The number of rotatable bonds is 7. The Labute approximate surface area is 122 Å². The van der Waals surface area contributed by atoms with Crippen molar-refractivity contribution in [1.29, 1.82) is 0 Å². The number of hydrogen-bond donors (Lipinski definition) is 1. The lowest BCUT2D eigenvalue weighted by Gasteiger charge is -2.20. The maximum atomic E-state index is 13.5. The zero-order valence-corrected chi connectivity index (χ0v) is 11.8. The molecule has 5 nitrogen and oxygen atoms in total. The van der Waals surface area contributed by atoms with Gasteiger partial charge in [-0.3, -0.25) is 9.59 Å². The molecule has 21 heavy (non-hydrogen) atoms. The number of nitrogens with zero attached hydrogens (tertiary/aromatic N) is 1. The molecule has 0 spiro atoms. The number of amides is 1. The Morgan fingerprint density at radius 3 is 2.67 bits per heavy atom. The zero-order chi connectivity index (χ0) is 15.4. The first-order valence-corrected chi connectivity index (χ1v) is 6.85. The summed E-state index contributed by atoms with van der Waals surface area (Å²) < 4.78 is 18.4. The number of carboxylic acids is 1. The van der Waals surface area contributed by atoms with Crippen molar-refractivity contribution in [3.05, 3.63) is 29.6 Å². The minimum Gasteiger partial charge on any atom is -0.494 e. The first kappa shape index (κ1) is 15.3. The van der Waals surface area contributed by atoms with Gasteiger partial charge in [0.1, 0.15) is 6.54 Å². The van der Waals surface area contributed by atoms with Crippen molar-refractivity contribution in [2.24, 2.45) is 0 Å². The smallest absolute Gasteiger partial charge is 0.323 e. The number of carbonyl (C=O) groups excluding carboxylic acids is 1. The Hall–Kier alpha value is -2.11. The molecule has 6 heteroatoms. The molecule has 0 atom stereocenters. The maximum absolute atomic E-state index is 13.5. The highest BCUT2D eigenvalue weighted by Gasteiger charge is 2.33. The number of aliphatic carboxylic acids is 1. The van der Waals surface area contributed by atoms with E-state index in [-0.39, 0.29) is 30.7 Å². The van der Waals surface area contributed by atoms with Crippen LogP contribution in [0.15, 0.2) is 18.2 Å². The van der Waals surface area contributed by atoms with Gasteiger partial charge in [0.2, 0.25) is 5.91 Å². The fraction of sp³-hybridized carbons (Fsp3) is 0.467. The van der Waals surface area contributed by atoms with E-state index in [4.69, 9.17) is 9.84 Å². The van der Waals surface area contributed by atoms with Gasteiger partial charge in [-0.15, -0.1) is 0 Å². The fourth-order valence-corrected chi connectivity index (χ4v) is 2.21. The van der Waals surface area contributed by atoms with E-state index in [1.54, 1.807) is 6.07 Å². The fourth-order valence-electron chi connectivity index (χ4n) is 2.21. The number of methoxy groups -OCH3 is 1. The SMILES string of the molecule is COc1ccc(CCC(=O)N(CC(=O)O)C2CC2)cc1F. The third-order valence-electron chi connectivity index (χ3n) is 3.46.